The lowest BCUT2D eigenvalue weighted by Gasteiger charge is -2.35. The fourth-order valence-corrected chi connectivity index (χ4v) is 4.66. The molecule has 2 atom stereocenters. The van der Waals surface area contributed by atoms with Gasteiger partial charge in [0.15, 0.2) is 0 Å². The first-order valence-electron chi connectivity index (χ1n) is 11.3. The Kier molecular flexibility index (Phi) is 7.06. The van der Waals surface area contributed by atoms with Crippen molar-refractivity contribution in [3.05, 3.63) is 88.4 Å². The van der Waals surface area contributed by atoms with Crippen LogP contribution in [0.2, 0.25) is 0 Å². The van der Waals surface area contributed by atoms with Gasteiger partial charge in [-0.2, -0.15) is 5.26 Å². The van der Waals surface area contributed by atoms with Crippen LogP contribution in [0.1, 0.15) is 23.5 Å². The Morgan fingerprint density at radius 3 is 2.39 bits per heavy atom. The SMILES string of the molecule is COC(=O)C1=C(C(=O)OC)N2C(=C(C#N)C1c1cccc(OC)c1)NC(=O)C2CCc1ccccc1. The Labute approximate surface area is 208 Å². The van der Waals surface area contributed by atoms with Crippen molar-refractivity contribution >= 4 is 17.8 Å². The van der Waals surface area contributed by atoms with Gasteiger partial charge >= 0.3 is 11.9 Å². The Balaban J connectivity index is 1.91. The monoisotopic (exact) mass is 487 g/mol. The van der Waals surface area contributed by atoms with E-state index < -0.39 is 23.9 Å². The summed E-state index contributed by atoms with van der Waals surface area (Å²) in [6.45, 7) is 0. The van der Waals surface area contributed by atoms with Crippen LogP contribution < -0.4 is 10.1 Å². The first-order chi connectivity index (χ1) is 17.4. The third-order valence-electron chi connectivity index (χ3n) is 6.31. The molecule has 0 aromatic heterocycles. The van der Waals surface area contributed by atoms with Crippen LogP contribution in [-0.2, 0) is 30.3 Å². The van der Waals surface area contributed by atoms with E-state index in [1.165, 1.54) is 26.2 Å². The van der Waals surface area contributed by atoms with E-state index in [4.69, 9.17) is 14.2 Å². The molecule has 2 aromatic carbocycles. The quantitative estimate of drug-likeness (QED) is 0.592. The second-order valence-corrected chi connectivity index (χ2v) is 8.23. The number of benzene rings is 2. The van der Waals surface area contributed by atoms with Crippen LogP contribution >= 0.6 is 0 Å². The second-order valence-electron chi connectivity index (χ2n) is 8.23. The van der Waals surface area contributed by atoms with Gasteiger partial charge in [0.1, 0.15) is 23.3 Å². The van der Waals surface area contributed by atoms with Gasteiger partial charge < -0.3 is 24.4 Å². The number of nitriles is 1. The van der Waals surface area contributed by atoms with Crippen molar-refractivity contribution in [2.24, 2.45) is 0 Å². The molecule has 184 valence electrons. The highest BCUT2D eigenvalue weighted by Gasteiger charge is 2.50. The van der Waals surface area contributed by atoms with Gasteiger partial charge in [-0.3, -0.25) is 4.79 Å². The van der Waals surface area contributed by atoms with Gasteiger partial charge in [0.2, 0.25) is 5.91 Å². The third-order valence-corrected chi connectivity index (χ3v) is 6.31. The predicted octanol–water partition coefficient (Wildman–Crippen LogP) is 2.56. The minimum Gasteiger partial charge on any atom is -0.497 e. The van der Waals surface area contributed by atoms with E-state index in [1.807, 2.05) is 30.3 Å². The zero-order valence-corrected chi connectivity index (χ0v) is 20.1. The molecule has 0 bridgehead atoms. The summed E-state index contributed by atoms with van der Waals surface area (Å²) in [7, 11) is 3.88. The number of allylic oxidation sites excluding steroid dienone is 1. The lowest BCUT2D eigenvalue weighted by molar-refractivity contribution is -0.141. The minimum atomic E-state index is -0.994. The van der Waals surface area contributed by atoms with Gasteiger partial charge in [-0.05, 0) is 36.1 Å². The number of nitrogens with zero attached hydrogens (tertiary/aromatic N) is 2. The van der Waals surface area contributed by atoms with E-state index in [0.29, 0.717) is 24.2 Å². The zero-order chi connectivity index (χ0) is 25.8. The number of amides is 1. The Morgan fingerprint density at radius 1 is 1.03 bits per heavy atom. The predicted molar refractivity (Wildman–Crippen MR) is 128 cm³/mol. The molecule has 2 heterocycles. The summed E-state index contributed by atoms with van der Waals surface area (Å²) in [5.41, 5.74) is 1.40. The summed E-state index contributed by atoms with van der Waals surface area (Å²) in [5.74, 6) is -2.36. The van der Waals surface area contributed by atoms with Crippen molar-refractivity contribution in [1.82, 2.24) is 10.2 Å². The molecule has 1 amide bonds. The molecule has 0 aliphatic carbocycles. The van der Waals surface area contributed by atoms with E-state index in [2.05, 4.69) is 11.4 Å². The molecule has 1 fully saturated rings. The number of hydrogen-bond acceptors (Lipinski definition) is 8. The fraction of sp³-hybridized carbons (Fsp3) is 0.259. The number of ether oxygens (including phenoxy) is 3. The number of fused-ring (bicyclic) bond motifs is 1. The molecule has 0 spiro atoms. The van der Waals surface area contributed by atoms with Crippen LogP contribution in [0.3, 0.4) is 0 Å². The highest BCUT2D eigenvalue weighted by molar-refractivity contribution is 6.04. The molecular formula is C27H25N3O6. The largest absolute Gasteiger partial charge is 0.497 e. The van der Waals surface area contributed by atoms with Crippen LogP contribution in [0.15, 0.2) is 77.3 Å². The molecule has 2 aliphatic rings. The van der Waals surface area contributed by atoms with E-state index in [0.717, 1.165) is 5.56 Å². The number of carbonyl (C=O) groups is 3. The van der Waals surface area contributed by atoms with Gasteiger partial charge in [-0.1, -0.05) is 42.5 Å². The minimum absolute atomic E-state index is 0.0842. The Morgan fingerprint density at radius 2 is 1.75 bits per heavy atom. The number of rotatable bonds is 7. The van der Waals surface area contributed by atoms with E-state index in [9.17, 15) is 19.6 Å². The molecular weight excluding hydrogens is 462 g/mol. The highest BCUT2D eigenvalue weighted by Crippen LogP contribution is 2.45. The maximum Gasteiger partial charge on any atom is 0.355 e. The Hall–Kier alpha value is -4.58. The summed E-state index contributed by atoms with van der Waals surface area (Å²) in [5, 5.41) is 13.0. The zero-order valence-electron chi connectivity index (χ0n) is 20.1. The van der Waals surface area contributed by atoms with E-state index in [1.54, 1.807) is 24.3 Å². The molecule has 0 radical (unpaired) electrons. The van der Waals surface area contributed by atoms with Crippen molar-refractivity contribution in [3.63, 3.8) is 0 Å². The molecule has 1 N–H and O–H groups in total. The number of hydrogen-bond donors (Lipinski definition) is 1. The smallest absolute Gasteiger partial charge is 0.355 e. The van der Waals surface area contributed by atoms with Gasteiger partial charge in [-0.15, -0.1) is 0 Å². The molecule has 9 heteroatoms. The lowest BCUT2D eigenvalue weighted by Crippen LogP contribution is -2.41. The van der Waals surface area contributed by atoms with Crippen LogP contribution in [0.25, 0.3) is 0 Å². The number of nitrogens with one attached hydrogen (secondary N) is 1. The van der Waals surface area contributed by atoms with Crippen LogP contribution in [0, 0.1) is 11.3 Å². The average Bonchev–Trinajstić information content (AvgIpc) is 3.25. The van der Waals surface area contributed by atoms with Gasteiger partial charge in [0, 0.05) is 0 Å². The number of esters is 2. The van der Waals surface area contributed by atoms with E-state index >= 15 is 0 Å². The third kappa shape index (κ3) is 4.29. The summed E-state index contributed by atoms with van der Waals surface area (Å²) >= 11 is 0. The number of aryl methyl sites for hydroxylation is 1. The van der Waals surface area contributed by atoms with Crippen molar-refractivity contribution in [3.8, 4) is 11.8 Å². The summed E-state index contributed by atoms with van der Waals surface area (Å²) in [6.07, 6.45) is 0.864. The van der Waals surface area contributed by atoms with Gasteiger partial charge in [-0.25, -0.2) is 9.59 Å². The number of carbonyl (C=O) groups excluding carboxylic acids is 3. The van der Waals surface area contributed by atoms with Crippen molar-refractivity contribution in [1.29, 1.82) is 5.26 Å². The highest BCUT2D eigenvalue weighted by atomic mass is 16.5. The fourth-order valence-electron chi connectivity index (χ4n) is 4.66. The standard InChI is InChI=1S/C27H25N3O6/c1-34-18-11-7-10-17(14-18)21-19(15-28)24-29-25(31)20(13-12-16-8-5-4-6-9-16)30(24)23(27(33)36-3)22(21)26(32)35-2/h4-11,14,20-21H,12-13H2,1-3H3,(H,29,31). The molecule has 36 heavy (non-hydrogen) atoms. The topological polar surface area (TPSA) is 118 Å². The lowest BCUT2D eigenvalue weighted by atomic mass is 9.80. The van der Waals surface area contributed by atoms with E-state index in [-0.39, 0.29) is 28.6 Å². The summed E-state index contributed by atoms with van der Waals surface area (Å²) in [6, 6.07) is 17.7. The Bertz CT molecular complexity index is 1310. The normalized spacial score (nSPS) is 18.8. The van der Waals surface area contributed by atoms with Crippen LogP contribution in [0.5, 0.6) is 5.75 Å². The summed E-state index contributed by atoms with van der Waals surface area (Å²) in [4.78, 5) is 40.9. The first-order valence-corrected chi connectivity index (χ1v) is 11.3. The number of methoxy groups -OCH3 is 3. The molecule has 1 saturated heterocycles. The van der Waals surface area contributed by atoms with Gasteiger partial charge in [0.25, 0.3) is 0 Å². The second kappa shape index (κ2) is 10.4. The van der Waals surface area contributed by atoms with Crippen LogP contribution in [-0.4, -0.2) is 50.1 Å². The van der Waals surface area contributed by atoms with Gasteiger partial charge in [0.05, 0.1) is 44.5 Å². The molecule has 9 nitrogen and oxygen atoms in total. The van der Waals surface area contributed by atoms with Crippen molar-refractivity contribution < 1.29 is 28.6 Å². The molecule has 0 saturated carbocycles. The first kappa shape index (κ1) is 24.5. The maximum atomic E-state index is 13.2. The average molecular weight is 488 g/mol. The molecule has 4 rings (SSSR count). The molecule has 2 aromatic rings. The summed E-state index contributed by atoms with van der Waals surface area (Å²) < 4.78 is 15.4. The van der Waals surface area contributed by atoms with Crippen LogP contribution in [0.4, 0.5) is 0 Å². The van der Waals surface area contributed by atoms with Crippen molar-refractivity contribution in [2.45, 2.75) is 24.8 Å². The maximum absolute atomic E-state index is 13.2. The molecule has 2 aliphatic heterocycles. The van der Waals surface area contributed by atoms with Crippen molar-refractivity contribution in [2.75, 3.05) is 21.3 Å². The molecule has 2 unspecified atom stereocenters.